The van der Waals surface area contributed by atoms with Crippen molar-refractivity contribution in [1.82, 2.24) is 10.2 Å². The number of para-hydroxylation sites is 1. The number of methoxy groups -OCH3 is 1. The fourth-order valence-corrected chi connectivity index (χ4v) is 6.59. The average Bonchev–Trinajstić information content (AvgIpc) is 3.62. The molecule has 1 atom stereocenters. The molecule has 1 fully saturated rings. The lowest BCUT2D eigenvalue weighted by molar-refractivity contribution is -0.132. The quantitative estimate of drug-likeness (QED) is 0.0595. The van der Waals surface area contributed by atoms with Crippen LogP contribution in [0.4, 0.5) is 9.52 Å². The summed E-state index contributed by atoms with van der Waals surface area (Å²) in [5, 5.41) is 20.0. The number of ketones is 1. The van der Waals surface area contributed by atoms with Crippen molar-refractivity contribution in [2.45, 2.75) is 16.1 Å². The third-order valence-electron chi connectivity index (χ3n) is 6.87. The van der Waals surface area contributed by atoms with Crippen LogP contribution in [0.15, 0.2) is 113 Å². The van der Waals surface area contributed by atoms with Gasteiger partial charge in [-0.1, -0.05) is 71.6 Å². The number of rotatable bonds is 9. The van der Waals surface area contributed by atoms with Gasteiger partial charge in [0.1, 0.15) is 28.8 Å². The van der Waals surface area contributed by atoms with Gasteiger partial charge in [-0.15, -0.1) is 10.2 Å². The number of anilines is 1. The maximum absolute atomic E-state index is 14.2. The summed E-state index contributed by atoms with van der Waals surface area (Å²) < 4.78 is 25.9. The smallest absolute Gasteiger partial charge is 0.301 e. The number of ether oxygens (including phenoxy) is 2. The molecule has 1 saturated heterocycles. The molecule has 0 saturated carbocycles. The second-order valence-electron chi connectivity index (χ2n) is 9.62. The van der Waals surface area contributed by atoms with Crippen LogP contribution >= 0.6 is 23.1 Å². The fourth-order valence-electron chi connectivity index (χ4n) is 4.74. The number of benzene rings is 4. The third-order valence-corrected chi connectivity index (χ3v) is 8.98. The molecule has 5 aromatic rings. The van der Waals surface area contributed by atoms with E-state index in [1.54, 1.807) is 66.7 Å². The van der Waals surface area contributed by atoms with Crippen LogP contribution < -0.4 is 14.4 Å². The molecule has 220 valence electrons. The number of carbonyl (C=O) groups is 2. The van der Waals surface area contributed by atoms with Crippen LogP contribution in [0.25, 0.3) is 5.76 Å². The summed E-state index contributed by atoms with van der Waals surface area (Å²) in [5.74, 6) is -0.439. The van der Waals surface area contributed by atoms with Gasteiger partial charge in [-0.2, -0.15) is 0 Å². The van der Waals surface area contributed by atoms with Crippen molar-refractivity contribution in [3.05, 3.63) is 131 Å². The summed E-state index contributed by atoms with van der Waals surface area (Å²) in [5.41, 5.74) is 1.25. The number of carbonyl (C=O) groups excluding carboxylic acids is 2. The van der Waals surface area contributed by atoms with E-state index in [1.807, 2.05) is 30.3 Å². The van der Waals surface area contributed by atoms with Crippen molar-refractivity contribution in [3.63, 3.8) is 0 Å². The lowest BCUT2D eigenvalue weighted by atomic mass is 9.95. The first-order valence-corrected chi connectivity index (χ1v) is 15.2. The molecule has 0 spiro atoms. The first kappa shape index (κ1) is 29.1. The Morgan fingerprint density at radius 3 is 2.39 bits per heavy atom. The van der Waals surface area contributed by atoms with Gasteiger partial charge < -0.3 is 14.6 Å². The third kappa shape index (κ3) is 5.92. The molecule has 4 aromatic carbocycles. The largest absolute Gasteiger partial charge is 0.507 e. The minimum atomic E-state index is -1.03. The predicted octanol–water partition coefficient (Wildman–Crippen LogP) is 7.40. The van der Waals surface area contributed by atoms with Gasteiger partial charge in [0.15, 0.2) is 4.34 Å². The molecule has 0 bridgehead atoms. The first-order chi connectivity index (χ1) is 21.4. The highest BCUT2D eigenvalue weighted by atomic mass is 32.2. The summed E-state index contributed by atoms with van der Waals surface area (Å²) in [6, 6.07) is 28.1. The molecule has 0 aliphatic carbocycles. The molecule has 8 nitrogen and oxygen atoms in total. The van der Waals surface area contributed by atoms with E-state index in [0.29, 0.717) is 44.0 Å². The van der Waals surface area contributed by atoms with Crippen molar-refractivity contribution >= 4 is 45.7 Å². The minimum absolute atomic E-state index is 0.104. The Kier molecular flexibility index (Phi) is 8.40. The SMILES string of the molecule is COc1ccc(/C(O)=C2/C(=O)C(=O)N(c3nnc(SCc4ccccc4F)s3)C2c2cccc(Oc3ccccc3)c2)cc1. The first-order valence-electron chi connectivity index (χ1n) is 13.4. The Bertz CT molecular complexity index is 1860. The monoisotopic (exact) mass is 625 g/mol. The van der Waals surface area contributed by atoms with Gasteiger partial charge in [-0.25, -0.2) is 4.39 Å². The van der Waals surface area contributed by atoms with E-state index < -0.39 is 17.7 Å². The molecule has 0 radical (unpaired) electrons. The van der Waals surface area contributed by atoms with E-state index in [1.165, 1.54) is 29.8 Å². The van der Waals surface area contributed by atoms with Gasteiger partial charge in [-0.05, 0) is 65.7 Å². The Morgan fingerprint density at radius 2 is 1.64 bits per heavy atom. The summed E-state index contributed by atoms with van der Waals surface area (Å²) >= 11 is 2.37. The number of aliphatic hydroxyl groups excluding tert-OH is 1. The number of aliphatic hydroxyl groups is 1. The Balaban J connectivity index is 1.40. The fraction of sp³-hybridized carbons (Fsp3) is 0.0909. The molecule has 11 heteroatoms. The molecule has 6 rings (SSSR count). The molecule has 1 amide bonds. The van der Waals surface area contributed by atoms with Crippen molar-refractivity contribution in [2.24, 2.45) is 0 Å². The lowest BCUT2D eigenvalue weighted by Crippen LogP contribution is -2.29. The summed E-state index contributed by atoms with van der Waals surface area (Å²) in [7, 11) is 1.52. The van der Waals surface area contributed by atoms with Crippen molar-refractivity contribution in [3.8, 4) is 17.2 Å². The van der Waals surface area contributed by atoms with Gasteiger partial charge in [-0.3, -0.25) is 14.5 Å². The van der Waals surface area contributed by atoms with Crippen LogP contribution in [-0.2, 0) is 15.3 Å². The lowest BCUT2D eigenvalue weighted by Gasteiger charge is -2.23. The number of nitrogens with zero attached hydrogens (tertiary/aromatic N) is 3. The Labute approximate surface area is 260 Å². The zero-order valence-corrected chi connectivity index (χ0v) is 24.8. The predicted molar refractivity (Wildman–Crippen MR) is 167 cm³/mol. The van der Waals surface area contributed by atoms with Crippen molar-refractivity contribution in [1.29, 1.82) is 0 Å². The molecular weight excluding hydrogens is 602 g/mol. The summed E-state index contributed by atoms with van der Waals surface area (Å²) in [4.78, 5) is 28.4. The number of Topliss-reactive ketones (excluding diaryl/α,β-unsaturated/α-hetero) is 1. The van der Waals surface area contributed by atoms with E-state index >= 15 is 0 Å². The van der Waals surface area contributed by atoms with Crippen LogP contribution in [0.3, 0.4) is 0 Å². The Morgan fingerprint density at radius 1 is 0.909 bits per heavy atom. The van der Waals surface area contributed by atoms with Crippen LogP contribution in [0.5, 0.6) is 17.2 Å². The molecule has 1 unspecified atom stereocenters. The highest BCUT2D eigenvalue weighted by Gasteiger charge is 2.48. The second-order valence-corrected chi connectivity index (χ2v) is 11.8. The number of hydrogen-bond donors (Lipinski definition) is 1. The molecule has 1 aromatic heterocycles. The summed E-state index contributed by atoms with van der Waals surface area (Å²) in [6.45, 7) is 0. The molecule has 44 heavy (non-hydrogen) atoms. The van der Waals surface area contributed by atoms with Gasteiger partial charge >= 0.3 is 5.91 Å². The zero-order chi connectivity index (χ0) is 30.6. The highest BCUT2D eigenvalue weighted by Crippen LogP contribution is 2.45. The molecule has 1 aliphatic rings. The van der Waals surface area contributed by atoms with E-state index in [4.69, 9.17) is 9.47 Å². The van der Waals surface area contributed by atoms with E-state index in [-0.39, 0.29) is 22.3 Å². The maximum Gasteiger partial charge on any atom is 0.301 e. The maximum atomic E-state index is 14.2. The Hall–Kier alpha value is -5.00. The zero-order valence-electron chi connectivity index (χ0n) is 23.2. The van der Waals surface area contributed by atoms with Crippen molar-refractivity contribution in [2.75, 3.05) is 12.0 Å². The van der Waals surface area contributed by atoms with Gasteiger partial charge in [0, 0.05) is 11.3 Å². The van der Waals surface area contributed by atoms with Gasteiger partial charge in [0.2, 0.25) is 5.13 Å². The van der Waals surface area contributed by atoms with Crippen molar-refractivity contribution < 1.29 is 28.6 Å². The van der Waals surface area contributed by atoms with Crippen LogP contribution in [0.2, 0.25) is 0 Å². The number of hydrogen-bond acceptors (Lipinski definition) is 9. The van der Waals surface area contributed by atoms with E-state index in [2.05, 4.69) is 10.2 Å². The molecule has 1 N–H and O–H groups in total. The van der Waals surface area contributed by atoms with E-state index in [9.17, 15) is 19.1 Å². The number of thioether (sulfide) groups is 1. The number of amides is 1. The van der Waals surface area contributed by atoms with E-state index in [0.717, 1.165) is 11.3 Å². The highest BCUT2D eigenvalue weighted by molar-refractivity contribution is 8.00. The molecule has 1 aliphatic heterocycles. The van der Waals surface area contributed by atoms with Crippen LogP contribution in [-0.4, -0.2) is 34.1 Å². The van der Waals surface area contributed by atoms with Crippen LogP contribution in [0, 0.1) is 5.82 Å². The average molecular weight is 626 g/mol. The summed E-state index contributed by atoms with van der Waals surface area (Å²) in [6.07, 6.45) is 0. The van der Waals surface area contributed by atoms with Gasteiger partial charge in [0.05, 0.1) is 18.7 Å². The van der Waals surface area contributed by atoms with Gasteiger partial charge in [0.25, 0.3) is 5.78 Å². The molecular formula is C33H24FN3O5S2. The number of halogens is 1. The van der Waals surface area contributed by atoms with Crippen LogP contribution in [0.1, 0.15) is 22.7 Å². The topological polar surface area (TPSA) is 102 Å². The second kappa shape index (κ2) is 12.7. The number of aromatic nitrogens is 2. The normalized spacial score (nSPS) is 15.9. The molecule has 2 heterocycles. The standard InChI is InChI=1S/C33H24FN3O5S2/c1-41-23-16-14-20(15-17-23)29(38)27-28(21-9-7-12-25(18-21)42-24-10-3-2-4-11-24)37(31(40)30(27)39)32-35-36-33(44-32)43-19-22-8-5-6-13-26(22)34/h2-18,28,38H,19H2,1H3/b29-27-. The minimum Gasteiger partial charge on any atom is -0.507 e.